The zero-order valence-electron chi connectivity index (χ0n) is 14.5. The molecule has 1 heterocycles. The van der Waals surface area contributed by atoms with E-state index in [0.29, 0.717) is 26.4 Å². The lowest BCUT2D eigenvalue weighted by Gasteiger charge is -2.14. The first-order chi connectivity index (χ1) is 12.6. The summed E-state index contributed by atoms with van der Waals surface area (Å²) in [5.41, 5.74) is 1.54. The van der Waals surface area contributed by atoms with Gasteiger partial charge in [-0.1, -0.05) is 30.0 Å². The Morgan fingerprint density at radius 3 is 2.27 bits per heavy atom. The number of ether oxygens (including phenoxy) is 3. The van der Waals surface area contributed by atoms with Crippen molar-refractivity contribution in [3.05, 3.63) is 52.9 Å². The number of hydrogen-bond acceptors (Lipinski definition) is 6. The molecule has 0 unspecified atom stereocenters. The van der Waals surface area contributed by atoms with E-state index in [2.05, 4.69) is 0 Å². The number of carbonyl (C=O) groups excluding carboxylic acids is 1. The van der Waals surface area contributed by atoms with Crippen LogP contribution in [0.3, 0.4) is 0 Å². The predicted octanol–water partition coefficient (Wildman–Crippen LogP) is 4.12. The Bertz CT molecular complexity index is 878. The predicted molar refractivity (Wildman–Crippen MR) is 108 cm³/mol. The fourth-order valence-corrected chi connectivity index (χ4v) is 3.81. The molecular formula is C19H17NO4S2. The quantitative estimate of drug-likeness (QED) is 0.568. The number of rotatable bonds is 5. The second kappa shape index (κ2) is 7.80. The number of thioether (sulfide) groups is 1. The van der Waals surface area contributed by atoms with Gasteiger partial charge >= 0.3 is 0 Å². The largest absolute Gasteiger partial charge is 0.497 e. The van der Waals surface area contributed by atoms with Crippen LogP contribution < -0.4 is 19.1 Å². The molecule has 0 aromatic heterocycles. The number of thiocarbonyl (C=S) groups is 1. The van der Waals surface area contributed by atoms with E-state index in [-0.39, 0.29) is 5.91 Å². The Hall–Kier alpha value is -2.51. The molecule has 0 aliphatic carbocycles. The maximum Gasteiger partial charge on any atom is 0.270 e. The summed E-state index contributed by atoms with van der Waals surface area (Å²) in [6.45, 7) is 0. The molecule has 0 N–H and O–H groups in total. The molecule has 0 atom stereocenters. The van der Waals surface area contributed by atoms with Crippen LogP contribution in [-0.2, 0) is 4.79 Å². The zero-order chi connectivity index (χ0) is 18.7. The van der Waals surface area contributed by atoms with Gasteiger partial charge in [-0.05, 0) is 48.0 Å². The number of carbonyl (C=O) groups is 1. The second-order valence-electron chi connectivity index (χ2n) is 5.33. The van der Waals surface area contributed by atoms with E-state index < -0.39 is 0 Å². The SMILES string of the molecule is COc1ccc(N2C(=O)/C(=C\c3ccc(OC)c(OC)c3)SC2=S)cc1. The molecule has 3 rings (SSSR count). The fourth-order valence-electron chi connectivity index (χ4n) is 2.52. The molecule has 1 amide bonds. The van der Waals surface area contributed by atoms with Gasteiger partial charge < -0.3 is 14.2 Å². The summed E-state index contributed by atoms with van der Waals surface area (Å²) < 4.78 is 16.2. The standard InChI is InChI=1S/C19H17NO4S2/c1-22-14-7-5-13(6-8-14)20-18(21)17(26-19(20)25)11-12-4-9-15(23-2)16(10-12)24-3/h4-11H,1-3H3/b17-11+. The molecule has 0 saturated carbocycles. The van der Waals surface area contributed by atoms with Gasteiger partial charge in [0, 0.05) is 0 Å². The van der Waals surface area contributed by atoms with E-state index in [4.69, 9.17) is 26.4 Å². The van der Waals surface area contributed by atoms with E-state index >= 15 is 0 Å². The van der Waals surface area contributed by atoms with E-state index in [1.807, 2.05) is 24.3 Å². The summed E-state index contributed by atoms with van der Waals surface area (Å²) >= 11 is 6.66. The van der Waals surface area contributed by atoms with Crippen molar-refractivity contribution in [1.82, 2.24) is 0 Å². The monoisotopic (exact) mass is 387 g/mol. The molecule has 1 aliphatic rings. The van der Waals surface area contributed by atoms with Crippen molar-refractivity contribution in [2.24, 2.45) is 0 Å². The average molecular weight is 387 g/mol. The zero-order valence-corrected chi connectivity index (χ0v) is 16.1. The first kappa shape index (κ1) is 18.3. The van der Waals surface area contributed by atoms with Crippen LogP contribution in [0.4, 0.5) is 5.69 Å². The van der Waals surface area contributed by atoms with Crippen LogP contribution in [0, 0.1) is 0 Å². The number of anilines is 1. The molecule has 0 radical (unpaired) electrons. The van der Waals surface area contributed by atoms with Crippen LogP contribution in [0.15, 0.2) is 47.4 Å². The van der Waals surface area contributed by atoms with Crippen LogP contribution in [-0.4, -0.2) is 31.6 Å². The summed E-state index contributed by atoms with van der Waals surface area (Å²) in [7, 11) is 4.75. The summed E-state index contributed by atoms with van der Waals surface area (Å²) in [4.78, 5) is 14.9. The Morgan fingerprint density at radius 1 is 0.962 bits per heavy atom. The summed E-state index contributed by atoms with van der Waals surface area (Å²) in [5.74, 6) is 1.81. The van der Waals surface area contributed by atoms with Gasteiger partial charge in [0.15, 0.2) is 15.8 Å². The van der Waals surface area contributed by atoms with Gasteiger partial charge in [-0.25, -0.2) is 0 Å². The summed E-state index contributed by atoms with van der Waals surface area (Å²) in [5, 5.41) is 0. The number of nitrogens with zero attached hydrogens (tertiary/aromatic N) is 1. The van der Waals surface area contributed by atoms with Crippen LogP contribution in [0.25, 0.3) is 6.08 Å². The minimum absolute atomic E-state index is 0.153. The number of benzene rings is 2. The molecule has 0 spiro atoms. The minimum atomic E-state index is -0.153. The maximum atomic E-state index is 12.8. The van der Waals surface area contributed by atoms with E-state index in [1.165, 1.54) is 16.7 Å². The molecule has 2 aromatic rings. The molecule has 1 fully saturated rings. The van der Waals surface area contributed by atoms with Crippen molar-refractivity contribution in [3.63, 3.8) is 0 Å². The molecule has 1 saturated heterocycles. The molecule has 2 aromatic carbocycles. The minimum Gasteiger partial charge on any atom is -0.497 e. The Labute approximate surface area is 161 Å². The van der Waals surface area contributed by atoms with Crippen molar-refractivity contribution in [2.75, 3.05) is 26.2 Å². The third kappa shape index (κ3) is 3.54. The average Bonchev–Trinajstić information content (AvgIpc) is 2.95. The first-order valence-corrected chi connectivity index (χ1v) is 8.94. The second-order valence-corrected chi connectivity index (χ2v) is 7.01. The normalized spacial score (nSPS) is 15.5. The molecule has 26 heavy (non-hydrogen) atoms. The third-order valence-electron chi connectivity index (χ3n) is 3.83. The maximum absolute atomic E-state index is 12.8. The van der Waals surface area contributed by atoms with Gasteiger partial charge in [0.05, 0.1) is 31.9 Å². The van der Waals surface area contributed by atoms with Crippen LogP contribution in [0.2, 0.25) is 0 Å². The highest BCUT2D eigenvalue weighted by molar-refractivity contribution is 8.27. The Morgan fingerprint density at radius 2 is 1.65 bits per heavy atom. The van der Waals surface area contributed by atoms with Crippen molar-refractivity contribution in [2.45, 2.75) is 0 Å². The molecule has 1 aliphatic heterocycles. The highest BCUT2D eigenvalue weighted by Gasteiger charge is 2.33. The molecule has 5 nitrogen and oxygen atoms in total. The topological polar surface area (TPSA) is 48.0 Å². The lowest BCUT2D eigenvalue weighted by atomic mass is 10.2. The lowest BCUT2D eigenvalue weighted by Crippen LogP contribution is -2.27. The van der Waals surface area contributed by atoms with Gasteiger partial charge in [-0.2, -0.15) is 0 Å². The van der Waals surface area contributed by atoms with E-state index in [1.54, 1.807) is 45.6 Å². The molecule has 134 valence electrons. The van der Waals surface area contributed by atoms with Gasteiger partial charge in [0.25, 0.3) is 5.91 Å². The highest BCUT2D eigenvalue weighted by Crippen LogP contribution is 2.37. The summed E-state index contributed by atoms with van der Waals surface area (Å²) in [6.07, 6.45) is 1.80. The van der Waals surface area contributed by atoms with Crippen LogP contribution in [0.5, 0.6) is 17.2 Å². The first-order valence-electron chi connectivity index (χ1n) is 7.71. The van der Waals surface area contributed by atoms with Crippen molar-refractivity contribution in [3.8, 4) is 17.2 Å². The smallest absolute Gasteiger partial charge is 0.270 e. The van der Waals surface area contributed by atoms with Gasteiger partial charge in [-0.15, -0.1) is 0 Å². The van der Waals surface area contributed by atoms with Crippen LogP contribution >= 0.6 is 24.0 Å². The number of amides is 1. The number of methoxy groups -OCH3 is 3. The summed E-state index contributed by atoms with van der Waals surface area (Å²) in [6, 6.07) is 12.7. The van der Waals surface area contributed by atoms with E-state index in [9.17, 15) is 4.79 Å². The van der Waals surface area contributed by atoms with Crippen molar-refractivity contribution < 1.29 is 19.0 Å². The van der Waals surface area contributed by atoms with E-state index in [0.717, 1.165) is 11.3 Å². The molecule has 7 heteroatoms. The molecule has 0 bridgehead atoms. The lowest BCUT2D eigenvalue weighted by molar-refractivity contribution is -0.113. The van der Waals surface area contributed by atoms with Gasteiger partial charge in [-0.3, -0.25) is 9.69 Å². The Balaban J connectivity index is 1.89. The molecular weight excluding hydrogens is 370 g/mol. The highest BCUT2D eigenvalue weighted by atomic mass is 32.2. The fraction of sp³-hybridized carbons (Fsp3) is 0.158. The number of hydrogen-bond donors (Lipinski definition) is 0. The van der Waals surface area contributed by atoms with Crippen LogP contribution in [0.1, 0.15) is 5.56 Å². The van der Waals surface area contributed by atoms with Gasteiger partial charge in [0.2, 0.25) is 0 Å². The van der Waals surface area contributed by atoms with Gasteiger partial charge in [0.1, 0.15) is 5.75 Å². The Kier molecular flexibility index (Phi) is 5.49. The van der Waals surface area contributed by atoms with Crippen molar-refractivity contribution >= 4 is 46.0 Å². The van der Waals surface area contributed by atoms with Crippen molar-refractivity contribution in [1.29, 1.82) is 0 Å². The third-order valence-corrected chi connectivity index (χ3v) is 5.13.